The van der Waals surface area contributed by atoms with E-state index in [0.29, 0.717) is 24.4 Å². The van der Waals surface area contributed by atoms with Crippen molar-refractivity contribution in [1.82, 2.24) is 4.98 Å². The van der Waals surface area contributed by atoms with Crippen LogP contribution in [0, 0.1) is 0 Å². The first kappa shape index (κ1) is 14.4. The Morgan fingerprint density at radius 1 is 1.56 bits per heavy atom. The van der Waals surface area contributed by atoms with Crippen molar-refractivity contribution in [3.63, 3.8) is 0 Å². The zero-order valence-corrected chi connectivity index (χ0v) is 10.5. The molecule has 0 bridgehead atoms. The Kier molecular flexibility index (Phi) is 6.10. The smallest absolute Gasteiger partial charge is 0.338 e. The van der Waals surface area contributed by atoms with Gasteiger partial charge < -0.3 is 19.9 Å². The van der Waals surface area contributed by atoms with Gasteiger partial charge in [-0.25, -0.2) is 9.78 Å². The Labute approximate surface area is 106 Å². The van der Waals surface area contributed by atoms with Gasteiger partial charge in [-0.1, -0.05) is 0 Å². The van der Waals surface area contributed by atoms with Crippen LogP contribution in [-0.4, -0.2) is 49.5 Å². The summed E-state index contributed by atoms with van der Waals surface area (Å²) in [4.78, 5) is 15.4. The molecule has 1 heterocycles. The van der Waals surface area contributed by atoms with Crippen molar-refractivity contribution in [2.24, 2.45) is 0 Å². The van der Waals surface area contributed by atoms with E-state index < -0.39 is 5.97 Å². The summed E-state index contributed by atoms with van der Waals surface area (Å²) in [6, 6.07) is 2.99. The first-order valence-electron chi connectivity index (χ1n) is 5.62. The minimum Gasteiger partial charge on any atom is -0.465 e. The van der Waals surface area contributed by atoms with Crippen molar-refractivity contribution >= 4 is 11.8 Å². The number of aromatic nitrogens is 1. The molecule has 0 amide bonds. The fourth-order valence-electron chi connectivity index (χ4n) is 1.43. The molecule has 0 aliphatic rings. The Bertz CT molecular complexity index is 384. The Morgan fingerprint density at radius 3 is 2.94 bits per heavy atom. The van der Waals surface area contributed by atoms with E-state index in [0.717, 1.165) is 0 Å². The summed E-state index contributed by atoms with van der Waals surface area (Å²) >= 11 is 0. The molecule has 0 saturated carbocycles. The molecule has 18 heavy (non-hydrogen) atoms. The van der Waals surface area contributed by atoms with E-state index >= 15 is 0 Å². The minimum atomic E-state index is -0.419. The molecular weight excluding hydrogens is 236 g/mol. The Morgan fingerprint density at radius 2 is 2.33 bits per heavy atom. The summed E-state index contributed by atoms with van der Waals surface area (Å²) < 4.78 is 9.57. The predicted molar refractivity (Wildman–Crippen MR) is 66.6 cm³/mol. The van der Waals surface area contributed by atoms with Crippen LogP contribution in [0.1, 0.15) is 16.8 Å². The van der Waals surface area contributed by atoms with E-state index in [4.69, 9.17) is 4.74 Å². The van der Waals surface area contributed by atoms with Gasteiger partial charge in [-0.2, -0.15) is 0 Å². The third-order valence-electron chi connectivity index (χ3n) is 2.42. The molecule has 0 saturated heterocycles. The number of hydrogen-bond donors (Lipinski definition) is 2. The summed E-state index contributed by atoms with van der Waals surface area (Å²) in [5.74, 6) is 0.103. The zero-order chi connectivity index (χ0) is 13.4. The van der Waals surface area contributed by atoms with E-state index in [1.54, 1.807) is 19.2 Å². The van der Waals surface area contributed by atoms with Crippen LogP contribution in [0.4, 0.5) is 5.82 Å². The fraction of sp³-hybridized carbons (Fsp3) is 0.500. The molecule has 0 spiro atoms. The molecule has 6 nitrogen and oxygen atoms in total. The molecule has 1 aromatic heterocycles. The first-order valence-corrected chi connectivity index (χ1v) is 5.62. The molecule has 6 heteroatoms. The molecular formula is C12H18N2O4. The number of aliphatic hydroxyl groups excluding tert-OH is 1. The summed E-state index contributed by atoms with van der Waals surface area (Å²) in [5, 5.41) is 12.2. The van der Waals surface area contributed by atoms with Crippen molar-refractivity contribution < 1.29 is 19.4 Å². The molecule has 2 N–H and O–H groups in total. The standard InChI is InChI=1S/C12H18N2O4/c1-17-6-4-10(8-15)14-11-7-9(3-5-13-11)12(16)18-2/h3,5,7,10,15H,4,6,8H2,1-2H3,(H,13,14). The fourth-order valence-corrected chi connectivity index (χ4v) is 1.43. The lowest BCUT2D eigenvalue weighted by Gasteiger charge is -2.16. The van der Waals surface area contributed by atoms with Gasteiger partial charge in [0.25, 0.3) is 0 Å². The molecule has 1 atom stereocenters. The maximum atomic E-state index is 11.3. The second-order valence-electron chi connectivity index (χ2n) is 3.73. The van der Waals surface area contributed by atoms with Gasteiger partial charge in [-0.3, -0.25) is 0 Å². The number of carbonyl (C=O) groups is 1. The average molecular weight is 254 g/mol. The van der Waals surface area contributed by atoms with Crippen molar-refractivity contribution in [2.45, 2.75) is 12.5 Å². The van der Waals surface area contributed by atoms with Crippen LogP contribution in [-0.2, 0) is 9.47 Å². The molecule has 1 rings (SSSR count). The van der Waals surface area contributed by atoms with Gasteiger partial charge in [0.15, 0.2) is 0 Å². The summed E-state index contributed by atoms with van der Waals surface area (Å²) in [6.07, 6.45) is 2.16. The van der Waals surface area contributed by atoms with Gasteiger partial charge in [-0.05, 0) is 18.6 Å². The number of pyridine rings is 1. The number of nitrogens with zero attached hydrogens (tertiary/aromatic N) is 1. The van der Waals surface area contributed by atoms with E-state index in [9.17, 15) is 9.90 Å². The monoisotopic (exact) mass is 254 g/mol. The van der Waals surface area contributed by atoms with Crippen molar-refractivity contribution in [3.05, 3.63) is 23.9 Å². The second-order valence-corrected chi connectivity index (χ2v) is 3.73. The summed E-state index contributed by atoms with van der Waals surface area (Å²) in [6.45, 7) is 0.502. The van der Waals surface area contributed by atoms with Crippen LogP contribution < -0.4 is 5.32 Å². The van der Waals surface area contributed by atoms with Crippen molar-refractivity contribution in [2.75, 3.05) is 32.8 Å². The average Bonchev–Trinajstić information content (AvgIpc) is 2.42. The van der Waals surface area contributed by atoms with E-state index in [1.807, 2.05) is 0 Å². The van der Waals surface area contributed by atoms with Gasteiger partial charge in [0.1, 0.15) is 5.82 Å². The third kappa shape index (κ3) is 4.31. The summed E-state index contributed by atoms with van der Waals surface area (Å²) in [7, 11) is 2.93. The van der Waals surface area contributed by atoms with Crippen LogP contribution in [0.3, 0.4) is 0 Å². The normalized spacial score (nSPS) is 11.9. The first-order chi connectivity index (χ1) is 8.71. The lowest BCUT2D eigenvalue weighted by Crippen LogP contribution is -2.26. The molecule has 0 fully saturated rings. The Hall–Kier alpha value is -1.66. The van der Waals surface area contributed by atoms with E-state index in [1.165, 1.54) is 13.3 Å². The molecule has 0 aromatic carbocycles. The minimum absolute atomic E-state index is 0.0342. The van der Waals surface area contributed by atoms with Gasteiger partial charge in [0.05, 0.1) is 25.3 Å². The number of anilines is 1. The maximum absolute atomic E-state index is 11.3. The molecule has 1 unspecified atom stereocenters. The van der Waals surface area contributed by atoms with Crippen LogP contribution in [0.15, 0.2) is 18.3 Å². The van der Waals surface area contributed by atoms with E-state index in [2.05, 4.69) is 15.0 Å². The number of methoxy groups -OCH3 is 2. The molecule has 1 aromatic rings. The number of ether oxygens (including phenoxy) is 2. The maximum Gasteiger partial charge on any atom is 0.338 e. The lowest BCUT2D eigenvalue weighted by molar-refractivity contribution is 0.0600. The van der Waals surface area contributed by atoms with Crippen LogP contribution in [0.5, 0.6) is 0 Å². The Balaban J connectivity index is 2.68. The van der Waals surface area contributed by atoms with Crippen LogP contribution >= 0.6 is 0 Å². The van der Waals surface area contributed by atoms with Crippen molar-refractivity contribution in [3.8, 4) is 0 Å². The predicted octanol–water partition coefficient (Wildman–Crippen LogP) is 0.677. The lowest BCUT2D eigenvalue weighted by atomic mass is 10.2. The van der Waals surface area contributed by atoms with Gasteiger partial charge >= 0.3 is 5.97 Å². The third-order valence-corrected chi connectivity index (χ3v) is 2.42. The zero-order valence-electron chi connectivity index (χ0n) is 10.5. The van der Waals surface area contributed by atoms with Gasteiger partial charge in [0, 0.05) is 19.9 Å². The number of nitrogens with one attached hydrogen (secondary N) is 1. The topological polar surface area (TPSA) is 80.7 Å². The van der Waals surface area contributed by atoms with Gasteiger partial charge in [0.2, 0.25) is 0 Å². The van der Waals surface area contributed by atoms with Crippen LogP contribution in [0.2, 0.25) is 0 Å². The van der Waals surface area contributed by atoms with E-state index in [-0.39, 0.29) is 12.6 Å². The molecule has 0 aliphatic carbocycles. The molecule has 0 radical (unpaired) electrons. The SMILES string of the molecule is COCCC(CO)Nc1cc(C(=O)OC)ccn1. The largest absolute Gasteiger partial charge is 0.465 e. The summed E-state index contributed by atoms with van der Waals surface area (Å²) in [5.41, 5.74) is 0.415. The second kappa shape index (κ2) is 7.62. The van der Waals surface area contributed by atoms with Crippen molar-refractivity contribution in [1.29, 1.82) is 0 Å². The molecule has 0 aliphatic heterocycles. The van der Waals surface area contributed by atoms with Gasteiger partial charge in [-0.15, -0.1) is 0 Å². The number of aliphatic hydroxyl groups is 1. The number of carbonyl (C=O) groups excluding carboxylic acids is 1. The highest BCUT2D eigenvalue weighted by atomic mass is 16.5. The number of hydrogen-bond acceptors (Lipinski definition) is 6. The highest BCUT2D eigenvalue weighted by molar-refractivity contribution is 5.89. The highest BCUT2D eigenvalue weighted by Crippen LogP contribution is 2.10. The quantitative estimate of drug-likeness (QED) is 0.696. The number of rotatable bonds is 7. The molecule has 100 valence electrons. The highest BCUT2D eigenvalue weighted by Gasteiger charge is 2.10. The number of esters is 1. The van der Waals surface area contributed by atoms with Crippen LogP contribution in [0.25, 0.3) is 0 Å².